The number of Topliss-reactive ketones (excluding diaryl/α,β-unsaturated/α-hetero) is 1. The van der Waals surface area contributed by atoms with E-state index in [4.69, 9.17) is 9.47 Å². The highest BCUT2D eigenvalue weighted by molar-refractivity contribution is 6.00. The molecule has 2 atom stereocenters. The molecule has 6 nitrogen and oxygen atoms in total. The molecule has 1 heterocycles. The molecule has 0 aromatic heterocycles. The van der Waals surface area contributed by atoms with E-state index in [1.807, 2.05) is 0 Å². The summed E-state index contributed by atoms with van der Waals surface area (Å²) < 4.78 is 37.9. The Hall–Kier alpha value is -2.51. The molecule has 0 spiro atoms. The molecule has 2 rings (SSSR count). The van der Waals surface area contributed by atoms with Gasteiger partial charge in [0, 0.05) is 12.5 Å². The number of rotatable bonds is 5. The molecule has 1 aromatic carbocycles. The van der Waals surface area contributed by atoms with Gasteiger partial charge in [-0.25, -0.2) is 13.6 Å². The highest BCUT2D eigenvalue weighted by Gasteiger charge is 2.43. The lowest BCUT2D eigenvalue weighted by molar-refractivity contribution is -0.146. The van der Waals surface area contributed by atoms with Crippen LogP contribution in [0.5, 0.6) is 0 Å². The summed E-state index contributed by atoms with van der Waals surface area (Å²) in [4.78, 5) is 38.1. The molecule has 1 saturated heterocycles. The van der Waals surface area contributed by atoms with Crippen LogP contribution < -0.4 is 0 Å². The van der Waals surface area contributed by atoms with E-state index < -0.39 is 53.5 Å². The molecular weight excluding hydrogens is 372 g/mol. The maximum absolute atomic E-state index is 14.2. The average Bonchev–Trinajstić information content (AvgIpc) is 3.01. The maximum atomic E-state index is 14.2. The highest BCUT2D eigenvalue weighted by Crippen LogP contribution is 2.35. The van der Waals surface area contributed by atoms with Gasteiger partial charge in [-0.15, -0.1) is 0 Å². The molecule has 8 heteroatoms. The number of hydrogen-bond donors (Lipinski definition) is 0. The van der Waals surface area contributed by atoms with Gasteiger partial charge in [0.2, 0.25) is 0 Å². The molecule has 1 fully saturated rings. The lowest BCUT2D eigenvalue weighted by atomic mass is 9.94. The largest absolute Gasteiger partial charge is 0.466 e. The molecule has 0 bridgehead atoms. The number of benzene rings is 1. The monoisotopic (exact) mass is 397 g/mol. The SMILES string of the molecule is CCOC(=O)CC(=O)C1CC(c2cc(F)ccc2F)CN1C(=O)OC(C)(C)C. The number of esters is 1. The van der Waals surface area contributed by atoms with E-state index in [0.717, 1.165) is 18.2 Å². The first-order valence-corrected chi connectivity index (χ1v) is 9.14. The van der Waals surface area contributed by atoms with Gasteiger partial charge in [0.15, 0.2) is 5.78 Å². The summed E-state index contributed by atoms with van der Waals surface area (Å²) in [6, 6.07) is 2.09. The van der Waals surface area contributed by atoms with Crippen LogP contribution in [0.2, 0.25) is 0 Å². The van der Waals surface area contributed by atoms with Crippen LogP contribution in [0.4, 0.5) is 13.6 Å². The average molecular weight is 397 g/mol. The van der Waals surface area contributed by atoms with Crippen LogP contribution in [-0.4, -0.2) is 47.5 Å². The molecule has 0 saturated carbocycles. The fraction of sp³-hybridized carbons (Fsp3) is 0.550. The first-order valence-electron chi connectivity index (χ1n) is 9.14. The Morgan fingerprint density at radius 1 is 1.21 bits per heavy atom. The van der Waals surface area contributed by atoms with E-state index in [9.17, 15) is 23.2 Å². The first kappa shape index (κ1) is 21.8. The van der Waals surface area contributed by atoms with Crippen LogP contribution >= 0.6 is 0 Å². The summed E-state index contributed by atoms with van der Waals surface area (Å²) in [5.74, 6) is -3.05. The van der Waals surface area contributed by atoms with Gasteiger partial charge in [0.25, 0.3) is 0 Å². The lowest BCUT2D eigenvalue weighted by Crippen LogP contribution is -2.44. The molecule has 1 aliphatic heterocycles. The molecule has 2 unspecified atom stereocenters. The predicted molar refractivity (Wildman–Crippen MR) is 96.7 cm³/mol. The number of ketones is 1. The second-order valence-corrected chi connectivity index (χ2v) is 7.70. The molecule has 0 N–H and O–H groups in total. The normalized spacial score (nSPS) is 19.4. The standard InChI is InChI=1S/C20H25F2NO5/c1-5-27-18(25)10-17(24)16-8-12(14-9-13(21)6-7-15(14)22)11-23(16)19(26)28-20(2,3)4/h6-7,9,12,16H,5,8,10-11H2,1-4H3. The fourth-order valence-electron chi connectivity index (χ4n) is 3.19. The van der Waals surface area contributed by atoms with Crippen LogP contribution in [0, 0.1) is 11.6 Å². The Morgan fingerprint density at radius 3 is 2.50 bits per heavy atom. The highest BCUT2D eigenvalue weighted by atomic mass is 19.1. The Morgan fingerprint density at radius 2 is 1.89 bits per heavy atom. The number of halogens is 2. The number of amides is 1. The molecule has 0 aliphatic carbocycles. The fourth-order valence-corrected chi connectivity index (χ4v) is 3.19. The van der Waals surface area contributed by atoms with Gasteiger partial charge in [-0.2, -0.15) is 0 Å². The van der Waals surface area contributed by atoms with Gasteiger partial charge in [0.05, 0.1) is 12.6 Å². The van der Waals surface area contributed by atoms with Crippen molar-refractivity contribution in [2.75, 3.05) is 13.2 Å². The molecule has 1 aromatic rings. The second kappa shape index (κ2) is 8.67. The molecule has 1 aliphatic rings. The van der Waals surface area contributed by atoms with Crippen LogP contribution in [0.15, 0.2) is 18.2 Å². The summed E-state index contributed by atoms with van der Waals surface area (Å²) in [5.41, 5.74) is -0.714. The zero-order valence-corrected chi connectivity index (χ0v) is 16.5. The third-order valence-electron chi connectivity index (χ3n) is 4.32. The van der Waals surface area contributed by atoms with Crippen molar-refractivity contribution >= 4 is 17.8 Å². The predicted octanol–water partition coefficient (Wildman–Crippen LogP) is 3.58. The van der Waals surface area contributed by atoms with Crippen molar-refractivity contribution in [2.24, 2.45) is 0 Å². The van der Waals surface area contributed by atoms with E-state index in [2.05, 4.69) is 0 Å². The Bertz CT molecular complexity index is 759. The Balaban J connectivity index is 2.27. The summed E-state index contributed by atoms with van der Waals surface area (Å²) in [5, 5.41) is 0. The summed E-state index contributed by atoms with van der Waals surface area (Å²) >= 11 is 0. The minimum absolute atomic E-state index is 0.0193. The number of nitrogens with zero attached hydrogens (tertiary/aromatic N) is 1. The zero-order chi connectivity index (χ0) is 21.1. The minimum Gasteiger partial charge on any atom is -0.466 e. The van der Waals surface area contributed by atoms with Crippen molar-refractivity contribution in [2.45, 2.75) is 58.1 Å². The molecule has 0 radical (unpaired) electrons. The van der Waals surface area contributed by atoms with Crippen molar-refractivity contribution in [3.05, 3.63) is 35.4 Å². The third-order valence-corrected chi connectivity index (χ3v) is 4.32. The molecule has 154 valence electrons. The summed E-state index contributed by atoms with van der Waals surface area (Å²) in [7, 11) is 0. The van der Waals surface area contributed by atoms with Crippen molar-refractivity contribution < 1.29 is 32.6 Å². The van der Waals surface area contributed by atoms with Crippen molar-refractivity contribution in [3.8, 4) is 0 Å². The Labute approximate surface area is 162 Å². The summed E-state index contributed by atoms with van der Waals surface area (Å²) in [6.07, 6.45) is -1.18. The van der Waals surface area contributed by atoms with Gasteiger partial charge >= 0.3 is 12.1 Å². The maximum Gasteiger partial charge on any atom is 0.410 e. The number of hydrogen-bond acceptors (Lipinski definition) is 5. The van der Waals surface area contributed by atoms with Gasteiger partial charge in [0.1, 0.15) is 23.7 Å². The van der Waals surface area contributed by atoms with Gasteiger partial charge in [-0.05, 0) is 57.9 Å². The van der Waals surface area contributed by atoms with Crippen LogP contribution in [0.3, 0.4) is 0 Å². The summed E-state index contributed by atoms with van der Waals surface area (Å²) in [6.45, 7) is 6.77. The molecule has 28 heavy (non-hydrogen) atoms. The van der Waals surface area contributed by atoms with Crippen LogP contribution in [-0.2, 0) is 19.1 Å². The van der Waals surface area contributed by atoms with Crippen molar-refractivity contribution in [3.63, 3.8) is 0 Å². The number of carbonyl (C=O) groups is 3. The second-order valence-electron chi connectivity index (χ2n) is 7.70. The lowest BCUT2D eigenvalue weighted by Gasteiger charge is -2.27. The number of likely N-dealkylation sites (tertiary alicyclic amines) is 1. The minimum atomic E-state index is -0.980. The number of ether oxygens (including phenoxy) is 2. The quantitative estimate of drug-likeness (QED) is 0.561. The molecular formula is C20H25F2NO5. The molecule has 1 amide bonds. The number of carbonyl (C=O) groups excluding carboxylic acids is 3. The van der Waals surface area contributed by atoms with Gasteiger partial charge in [-0.1, -0.05) is 0 Å². The Kier molecular flexibility index (Phi) is 6.74. The third kappa shape index (κ3) is 5.50. The van der Waals surface area contributed by atoms with Gasteiger partial charge < -0.3 is 9.47 Å². The van der Waals surface area contributed by atoms with E-state index in [-0.39, 0.29) is 25.1 Å². The van der Waals surface area contributed by atoms with E-state index >= 15 is 0 Å². The van der Waals surface area contributed by atoms with Crippen LogP contribution in [0.25, 0.3) is 0 Å². The van der Waals surface area contributed by atoms with Crippen molar-refractivity contribution in [1.29, 1.82) is 0 Å². The smallest absolute Gasteiger partial charge is 0.410 e. The van der Waals surface area contributed by atoms with E-state index in [1.165, 1.54) is 4.90 Å². The zero-order valence-electron chi connectivity index (χ0n) is 16.5. The van der Waals surface area contributed by atoms with Crippen molar-refractivity contribution in [1.82, 2.24) is 4.90 Å². The van der Waals surface area contributed by atoms with Crippen LogP contribution in [0.1, 0.15) is 52.0 Å². The topological polar surface area (TPSA) is 72.9 Å². The van der Waals surface area contributed by atoms with Gasteiger partial charge in [-0.3, -0.25) is 14.5 Å². The first-order chi connectivity index (χ1) is 13.0. The van der Waals surface area contributed by atoms with E-state index in [0.29, 0.717) is 0 Å². The van der Waals surface area contributed by atoms with E-state index in [1.54, 1.807) is 27.7 Å².